The van der Waals surface area contributed by atoms with E-state index in [4.69, 9.17) is 15.2 Å². The third kappa shape index (κ3) is 4.88. The summed E-state index contributed by atoms with van der Waals surface area (Å²) in [6, 6.07) is 7.45. The fourth-order valence-corrected chi connectivity index (χ4v) is 3.32. The predicted octanol–water partition coefficient (Wildman–Crippen LogP) is 2.74. The molecule has 0 saturated carbocycles. The number of rotatable bonds is 4. The van der Waals surface area contributed by atoms with Gasteiger partial charge < -0.3 is 20.1 Å². The highest BCUT2D eigenvalue weighted by atomic mass is 32.1. The van der Waals surface area contributed by atoms with Gasteiger partial charge in [0.25, 0.3) is 5.91 Å². The summed E-state index contributed by atoms with van der Waals surface area (Å²) in [4.78, 5) is 29.9. The number of aromatic nitrogens is 1. The lowest BCUT2D eigenvalue weighted by molar-refractivity contribution is -0.124. The quantitative estimate of drug-likeness (QED) is 0.831. The molecule has 1 aliphatic rings. The summed E-state index contributed by atoms with van der Waals surface area (Å²) in [5, 5.41) is 4.93. The van der Waals surface area contributed by atoms with E-state index < -0.39 is 23.7 Å². The smallest absolute Gasteiger partial charge is 0.413 e. The highest BCUT2D eigenvalue weighted by Crippen LogP contribution is 2.34. The first kappa shape index (κ1) is 19.0. The van der Waals surface area contributed by atoms with Gasteiger partial charge >= 0.3 is 6.09 Å². The van der Waals surface area contributed by atoms with Crippen LogP contribution in [0.25, 0.3) is 0 Å². The molecular weight excluding hydrogens is 368 g/mol. The van der Waals surface area contributed by atoms with E-state index in [2.05, 4.69) is 10.3 Å². The van der Waals surface area contributed by atoms with E-state index in [9.17, 15) is 9.59 Å². The third-order valence-corrected chi connectivity index (χ3v) is 4.50. The van der Waals surface area contributed by atoms with Crippen LogP contribution in [0.3, 0.4) is 0 Å². The molecule has 0 radical (unpaired) electrons. The molecule has 1 aromatic carbocycles. The van der Waals surface area contributed by atoms with Crippen LogP contribution in [0.2, 0.25) is 0 Å². The fourth-order valence-electron chi connectivity index (χ4n) is 2.63. The van der Waals surface area contributed by atoms with Crippen LogP contribution in [0.5, 0.6) is 5.75 Å². The summed E-state index contributed by atoms with van der Waals surface area (Å²) >= 11 is 1.31. The number of hydrogen-bond acceptors (Lipinski definition) is 7. The lowest BCUT2D eigenvalue weighted by Gasteiger charge is -2.34. The van der Waals surface area contributed by atoms with E-state index >= 15 is 0 Å². The molecule has 0 bridgehead atoms. The van der Waals surface area contributed by atoms with Crippen molar-refractivity contribution in [1.29, 1.82) is 0 Å². The molecule has 8 nitrogen and oxygen atoms in total. The van der Waals surface area contributed by atoms with E-state index in [0.29, 0.717) is 24.0 Å². The lowest BCUT2D eigenvalue weighted by Crippen LogP contribution is -2.47. The Morgan fingerprint density at radius 1 is 1.41 bits per heavy atom. The van der Waals surface area contributed by atoms with Crippen LogP contribution >= 0.6 is 11.3 Å². The molecule has 0 saturated heterocycles. The molecule has 1 aliphatic heterocycles. The van der Waals surface area contributed by atoms with E-state index in [1.807, 2.05) is 28.5 Å². The molecule has 0 aliphatic carbocycles. The summed E-state index contributed by atoms with van der Waals surface area (Å²) in [6.45, 7) is 6.18. The van der Waals surface area contributed by atoms with Gasteiger partial charge in [-0.05, 0) is 32.9 Å². The van der Waals surface area contributed by atoms with Crippen molar-refractivity contribution in [2.24, 2.45) is 5.73 Å². The van der Waals surface area contributed by atoms with Crippen molar-refractivity contribution in [1.82, 2.24) is 4.98 Å². The molecule has 1 unspecified atom stereocenters. The van der Waals surface area contributed by atoms with Gasteiger partial charge in [-0.1, -0.05) is 12.1 Å². The van der Waals surface area contributed by atoms with Crippen LogP contribution in [-0.2, 0) is 16.1 Å². The average Bonchev–Trinajstić information content (AvgIpc) is 2.99. The highest BCUT2D eigenvalue weighted by molar-refractivity contribution is 7.13. The molecule has 0 spiro atoms. The minimum absolute atomic E-state index is 0.332. The van der Waals surface area contributed by atoms with Crippen molar-refractivity contribution in [3.63, 3.8) is 0 Å². The van der Waals surface area contributed by atoms with Crippen molar-refractivity contribution in [3.05, 3.63) is 35.3 Å². The zero-order valence-corrected chi connectivity index (χ0v) is 16.2. The molecular formula is C18H22N4O4S. The number of nitrogens with two attached hydrogens (primary N) is 1. The van der Waals surface area contributed by atoms with E-state index in [0.717, 1.165) is 11.4 Å². The van der Waals surface area contributed by atoms with Crippen molar-refractivity contribution < 1.29 is 19.1 Å². The summed E-state index contributed by atoms with van der Waals surface area (Å²) < 4.78 is 10.9. The second-order valence-corrected chi connectivity index (χ2v) is 7.99. The maximum atomic E-state index is 11.9. The van der Waals surface area contributed by atoms with Crippen LogP contribution in [0.1, 0.15) is 26.5 Å². The first-order valence-corrected chi connectivity index (χ1v) is 9.33. The average molecular weight is 390 g/mol. The monoisotopic (exact) mass is 390 g/mol. The Hall–Kier alpha value is -2.81. The first-order valence-electron chi connectivity index (χ1n) is 8.45. The summed E-state index contributed by atoms with van der Waals surface area (Å²) in [6.07, 6.45) is -1.27. The largest absolute Gasteiger partial charge is 0.477 e. The molecule has 1 aromatic heterocycles. The Labute approximate surface area is 161 Å². The fraction of sp³-hybridized carbons (Fsp3) is 0.389. The molecule has 3 rings (SSSR count). The lowest BCUT2D eigenvalue weighted by atomic mass is 10.1. The van der Waals surface area contributed by atoms with Gasteiger partial charge in [0.2, 0.25) is 0 Å². The molecule has 0 fully saturated rings. The number of nitrogens with zero attached hydrogens (tertiary/aromatic N) is 2. The molecule has 27 heavy (non-hydrogen) atoms. The number of amides is 2. The topological polar surface area (TPSA) is 107 Å². The third-order valence-electron chi connectivity index (χ3n) is 3.69. The van der Waals surface area contributed by atoms with Gasteiger partial charge in [0.05, 0.1) is 24.5 Å². The maximum absolute atomic E-state index is 11.9. The minimum atomic E-state index is -0.724. The first-order chi connectivity index (χ1) is 12.7. The number of benzene rings is 1. The molecule has 2 aromatic rings. The number of thiazole rings is 1. The number of carbonyl (C=O) groups excluding carboxylic acids is 2. The number of nitrogens with one attached hydrogen (secondary N) is 1. The highest BCUT2D eigenvalue weighted by Gasteiger charge is 2.29. The standard InChI is InChI=1S/C18H22N4O4S/c1-18(2,3)26-17(24)21-16-20-11(10-27-16)8-22-9-14(15(19)23)25-13-7-5-4-6-12(13)22/h4-7,10,14H,8-9H2,1-3H3,(H2,19,23)(H,20,21,24). The van der Waals surface area contributed by atoms with Crippen LogP contribution in [0, 0.1) is 0 Å². The molecule has 144 valence electrons. The Kier molecular flexibility index (Phi) is 5.22. The summed E-state index contributed by atoms with van der Waals surface area (Å²) in [7, 11) is 0. The summed E-state index contributed by atoms with van der Waals surface area (Å²) in [5.74, 6) is 0.0925. The Balaban J connectivity index is 1.71. The molecule has 1 atom stereocenters. The van der Waals surface area contributed by atoms with Crippen molar-refractivity contribution in [3.8, 4) is 5.75 Å². The van der Waals surface area contributed by atoms with Crippen molar-refractivity contribution >= 4 is 34.2 Å². The number of anilines is 2. The van der Waals surface area contributed by atoms with Crippen molar-refractivity contribution in [2.45, 2.75) is 39.0 Å². The summed E-state index contributed by atoms with van der Waals surface area (Å²) in [5.41, 5.74) is 6.47. The van der Waals surface area contributed by atoms with Gasteiger partial charge in [-0.3, -0.25) is 10.1 Å². The number of fused-ring (bicyclic) bond motifs is 1. The second-order valence-electron chi connectivity index (χ2n) is 7.13. The number of hydrogen-bond donors (Lipinski definition) is 2. The van der Waals surface area contributed by atoms with Crippen LogP contribution in [0.4, 0.5) is 15.6 Å². The molecule has 3 N–H and O–H groups in total. The number of para-hydroxylation sites is 2. The Bertz CT molecular complexity index is 846. The van der Waals surface area contributed by atoms with Crippen LogP contribution in [-0.4, -0.2) is 35.2 Å². The second kappa shape index (κ2) is 7.43. The number of ether oxygens (including phenoxy) is 2. The van der Waals surface area contributed by atoms with E-state index in [1.165, 1.54) is 11.3 Å². The van der Waals surface area contributed by atoms with E-state index in [-0.39, 0.29) is 0 Å². The zero-order valence-electron chi connectivity index (χ0n) is 15.4. The zero-order chi connectivity index (χ0) is 19.6. The van der Waals surface area contributed by atoms with Gasteiger partial charge in [0.1, 0.15) is 11.4 Å². The van der Waals surface area contributed by atoms with Gasteiger partial charge in [0.15, 0.2) is 11.2 Å². The van der Waals surface area contributed by atoms with Gasteiger partial charge in [-0.15, -0.1) is 11.3 Å². The maximum Gasteiger partial charge on any atom is 0.413 e. The van der Waals surface area contributed by atoms with Gasteiger partial charge in [0, 0.05) is 5.38 Å². The Morgan fingerprint density at radius 3 is 2.85 bits per heavy atom. The van der Waals surface area contributed by atoms with Crippen LogP contribution < -0.4 is 20.7 Å². The molecule has 2 heterocycles. The van der Waals surface area contributed by atoms with Crippen molar-refractivity contribution in [2.75, 3.05) is 16.8 Å². The van der Waals surface area contributed by atoms with Crippen LogP contribution in [0.15, 0.2) is 29.6 Å². The minimum Gasteiger partial charge on any atom is -0.477 e. The number of primary amides is 1. The Morgan fingerprint density at radius 2 is 2.15 bits per heavy atom. The SMILES string of the molecule is CC(C)(C)OC(=O)Nc1nc(CN2CC(C(N)=O)Oc3ccccc32)cs1. The van der Waals surface area contributed by atoms with E-state index in [1.54, 1.807) is 26.8 Å². The molecule has 9 heteroatoms. The van der Waals surface area contributed by atoms with Gasteiger partial charge in [-0.25, -0.2) is 9.78 Å². The normalized spacial score (nSPS) is 16.3. The van der Waals surface area contributed by atoms with Gasteiger partial charge in [-0.2, -0.15) is 0 Å². The number of carbonyl (C=O) groups is 2. The predicted molar refractivity (Wildman–Crippen MR) is 103 cm³/mol. The molecule has 2 amide bonds.